The van der Waals surface area contributed by atoms with Crippen LogP contribution < -0.4 is 11.2 Å². The highest BCUT2D eigenvalue weighted by molar-refractivity contribution is 7.91. The van der Waals surface area contributed by atoms with E-state index in [-0.39, 0.29) is 43.3 Å². The first-order chi connectivity index (χ1) is 15.5. The van der Waals surface area contributed by atoms with E-state index in [0.29, 0.717) is 12.1 Å². The van der Waals surface area contributed by atoms with E-state index in [1.807, 2.05) is 0 Å². The second kappa shape index (κ2) is 7.16. The molecule has 12 heteroatoms. The van der Waals surface area contributed by atoms with Gasteiger partial charge >= 0.3 is 5.69 Å². The number of benzene rings is 2. The minimum atomic E-state index is -4.24. The lowest BCUT2D eigenvalue weighted by molar-refractivity contribution is 0.0961. The number of hydrogen-bond acceptors (Lipinski definition) is 5. The van der Waals surface area contributed by atoms with E-state index in [9.17, 15) is 32.0 Å². The first-order valence-corrected chi connectivity index (χ1v) is 11.8. The third-order valence-electron chi connectivity index (χ3n) is 5.97. The standard InChI is InChI=1S/C21H16ClF2N3O5S/c22-14-3-4-16(18-17(14)19(28)27(30)20(29)25-18)33(31,32)13-2-1-11-5-7-26(15(11)9-13)8-6-12-10-21(12,23)24/h1-5,7,9,12,30H,6,8,10H2,(H,25,29). The van der Waals surface area contributed by atoms with Gasteiger partial charge in [-0.2, -0.15) is 0 Å². The summed E-state index contributed by atoms with van der Waals surface area (Å²) < 4.78 is 54.9. The number of hydrogen-bond donors (Lipinski definition) is 2. The van der Waals surface area contributed by atoms with Gasteiger partial charge in [-0.05, 0) is 42.1 Å². The summed E-state index contributed by atoms with van der Waals surface area (Å²) >= 11 is 6.03. The van der Waals surface area contributed by atoms with E-state index in [1.54, 1.807) is 22.9 Å². The Kier molecular flexibility index (Phi) is 4.70. The molecule has 1 atom stereocenters. The van der Waals surface area contributed by atoms with E-state index >= 15 is 0 Å². The molecule has 33 heavy (non-hydrogen) atoms. The third kappa shape index (κ3) is 3.42. The van der Waals surface area contributed by atoms with Crippen LogP contribution in [0.25, 0.3) is 21.8 Å². The molecule has 2 aromatic heterocycles. The number of H-pyrrole nitrogens is 1. The predicted molar refractivity (Wildman–Crippen MR) is 116 cm³/mol. The molecule has 1 fully saturated rings. The molecule has 0 radical (unpaired) electrons. The van der Waals surface area contributed by atoms with Gasteiger partial charge in [-0.15, -0.1) is 0 Å². The van der Waals surface area contributed by atoms with Gasteiger partial charge in [-0.25, -0.2) is 22.0 Å². The molecule has 0 aliphatic heterocycles. The lowest BCUT2D eigenvalue weighted by atomic mass is 10.2. The zero-order valence-electron chi connectivity index (χ0n) is 16.8. The van der Waals surface area contributed by atoms with Crippen molar-refractivity contribution in [3.63, 3.8) is 0 Å². The summed E-state index contributed by atoms with van der Waals surface area (Å²) in [5.74, 6) is -3.30. The Morgan fingerprint density at radius 2 is 1.91 bits per heavy atom. The van der Waals surface area contributed by atoms with Gasteiger partial charge in [0.2, 0.25) is 9.84 Å². The predicted octanol–water partition coefficient (Wildman–Crippen LogP) is 3.41. The summed E-state index contributed by atoms with van der Waals surface area (Å²) in [4.78, 5) is 25.9. The van der Waals surface area contributed by atoms with Crippen molar-refractivity contribution in [2.45, 2.75) is 35.1 Å². The average molecular weight is 496 g/mol. The zero-order valence-corrected chi connectivity index (χ0v) is 18.3. The van der Waals surface area contributed by atoms with Gasteiger partial charge in [0.05, 0.1) is 25.7 Å². The van der Waals surface area contributed by atoms with Crippen molar-refractivity contribution in [3.05, 3.63) is 68.5 Å². The van der Waals surface area contributed by atoms with E-state index in [0.717, 1.165) is 11.5 Å². The van der Waals surface area contributed by atoms with Crippen molar-refractivity contribution in [3.8, 4) is 0 Å². The third-order valence-corrected chi connectivity index (χ3v) is 8.07. The van der Waals surface area contributed by atoms with Crippen molar-refractivity contribution < 1.29 is 22.4 Å². The summed E-state index contributed by atoms with van der Waals surface area (Å²) in [5.41, 5.74) is -2.15. The molecule has 8 nitrogen and oxygen atoms in total. The molecule has 172 valence electrons. The van der Waals surface area contributed by atoms with Crippen LogP contribution >= 0.6 is 11.6 Å². The summed E-state index contributed by atoms with van der Waals surface area (Å²) in [6.45, 7) is 0.306. The molecule has 1 aliphatic carbocycles. The molecular formula is C21H16ClF2N3O5S. The molecule has 1 saturated carbocycles. The van der Waals surface area contributed by atoms with Crippen LogP contribution in [-0.2, 0) is 16.4 Å². The maximum absolute atomic E-state index is 13.5. The van der Waals surface area contributed by atoms with Crippen LogP contribution in [0.3, 0.4) is 0 Å². The molecule has 1 aliphatic rings. The van der Waals surface area contributed by atoms with Crippen molar-refractivity contribution in [2.24, 2.45) is 5.92 Å². The largest absolute Gasteiger partial charge is 0.421 e. The Balaban J connectivity index is 1.62. The van der Waals surface area contributed by atoms with Gasteiger partial charge in [0.25, 0.3) is 11.5 Å². The fraction of sp³-hybridized carbons (Fsp3) is 0.238. The highest BCUT2D eigenvalue weighted by Crippen LogP contribution is 2.50. The molecule has 1 unspecified atom stereocenters. The lowest BCUT2D eigenvalue weighted by Gasteiger charge is -2.11. The van der Waals surface area contributed by atoms with Crippen LogP contribution in [0.15, 0.2) is 62.0 Å². The fourth-order valence-electron chi connectivity index (χ4n) is 4.00. The molecule has 0 bridgehead atoms. The molecule has 0 saturated heterocycles. The Morgan fingerprint density at radius 3 is 2.61 bits per heavy atom. The number of halogens is 3. The van der Waals surface area contributed by atoms with Gasteiger partial charge < -0.3 is 14.8 Å². The number of aromatic nitrogens is 3. The molecular weight excluding hydrogens is 480 g/mol. The normalized spacial score (nSPS) is 17.6. The van der Waals surface area contributed by atoms with Crippen LogP contribution in [-0.4, -0.2) is 33.8 Å². The number of aryl methyl sites for hydroxylation is 1. The summed E-state index contributed by atoms with van der Waals surface area (Å²) in [5, 5.41) is 9.83. The van der Waals surface area contributed by atoms with Gasteiger partial charge in [-0.1, -0.05) is 22.4 Å². The van der Waals surface area contributed by atoms with Gasteiger partial charge in [-0.3, -0.25) is 4.79 Å². The number of nitrogens with zero attached hydrogens (tertiary/aromatic N) is 2. The lowest BCUT2D eigenvalue weighted by Crippen LogP contribution is -2.33. The Morgan fingerprint density at radius 1 is 1.18 bits per heavy atom. The Labute approximate surface area is 189 Å². The number of fused-ring (bicyclic) bond motifs is 2. The molecule has 2 heterocycles. The first-order valence-electron chi connectivity index (χ1n) is 9.89. The van der Waals surface area contributed by atoms with E-state index < -0.39 is 32.9 Å². The Bertz CT molecular complexity index is 1670. The first kappa shape index (κ1) is 21.7. The van der Waals surface area contributed by atoms with Crippen molar-refractivity contribution in [1.29, 1.82) is 0 Å². The SMILES string of the molecule is O=c1[nH]c2c(S(=O)(=O)c3ccc4ccn(CCC5CC5(F)F)c4c3)ccc(Cl)c2c(=O)n1O. The van der Waals surface area contributed by atoms with Crippen molar-refractivity contribution in [1.82, 2.24) is 14.3 Å². The highest BCUT2D eigenvalue weighted by atomic mass is 35.5. The van der Waals surface area contributed by atoms with E-state index in [4.69, 9.17) is 11.6 Å². The second-order valence-electron chi connectivity index (χ2n) is 8.03. The summed E-state index contributed by atoms with van der Waals surface area (Å²) in [6, 6.07) is 8.50. The maximum atomic E-state index is 13.5. The number of alkyl halides is 2. The van der Waals surface area contributed by atoms with Crippen LogP contribution in [0.1, 0.15) is 12.8 Å². The van der Waals surface area contributed by atoms with Gasteiger partial charge in [0.1, 0.15) is 0 Å². The molecule has 0 amide bonds. The number of rotatable bonds is 5. The molecule has 4 aromatic rings. The minimum Gasteiger partial charge on any atom is -0.421 e. The van der Waals surface area contributed by atoms with Crippen molar-refractivity contribution >= 4 is 43.2 Å². The molecule has 0 spiro atoms. The average Bonchev–Trinajstić information content (AvgIpc) is 3.18. The van der Waals surface area contributed by atoms with Crippen LogP contribution in [0.2, 0.25) is 5.02 Å². The van der Waals surface area contributed by atoms with Crippen molar-refractivity contribution in [2.75, 3.05) is 0 Å². The van der Waals surface area contributed by atoms with Crippen LogP contribution in [0, 0.1) is 5.92 Å². The number of sulfone groups is 1. The van der Waals surface area contributed by atoms with E-state index in [2.05, 4.69) is 4.98 Å². The van der Waals surface area contributed by atoms with Crippen LogP contribution in [0.5, 0.6) is 0 Å². The fourth-order valence-corrected chi connectivity index (χ4v) is 5.68. The highest BCUT2D eigenvalue weighted by Gasteiger charge is 2.55. The number of aromatic amines is 1. The monoisotopic (exact) mass is 495 g/mol. The van der Waals surface area contributed by atoms with E-state index in [1.165, 1.54) is 18.2 Å². The Hall–Kier alpha value is -3.18. The number of nitrogens with one attached hydrogen (secondary N) is 1. The molecule has 2 aromatic carbocycles. The topological polar surface area (TPSA) is 114 Å². The van der Waals surface area contributed by atoms with Gasteiger partial charge in [0.15, 0.2) is 0 Å². The molecule has 2 N–H and O–H groups in total. The summed E-state index contributed by atoms with van der Waals surface area (Å²) in [7, 11) is -4.24. The molecule has 5 rings (SSSR count). The quantitative estimate of drug-likeness (QED) is 0.412. The van der Waals surface area contributed by atoms with Gasteiger partial charge in [0, 0.05) is 30.6 Å². The summed E-state index contributed by atoms with van der Waals surface area (Å²) in [6.07, 6.45) is 1.84. The maximum Gasteiger partial charge on any atom is 0.362 e. The zero-order chi connectivity index (χ0) is 23.7. The smallest absolute Gasteiger partial charge is 0.362 e. The minimum absolute atomic E-state index is 0.121. The van der Waals surface area contributed by atoms with Crippen LogP contribution in [0.4, 0.5) is 8.78 Å². The second-order valence-corrected chi connectivity index (χ2v) is 10.4.